The van der Waals surface area contributed by atoms with E-state index in [-0.39, 0.29) is 35.9 Å². The quantitative estimate of drug-likeness (QED) is 0.744. The third-order valence-corrected chi connectivity index (χ3v) is 10.1. The lowest BCUT2D eigenvalue weighted by atomic mass is 9.32. The first-order valence-electron chi connectivity index (χ1n) is 10.8. The molecule has 26 heavy (non-hydrogen) atoms. The summed E-state index contributed by atoms with van der Waals surface area (Å²) in [5.74, 6) is 1.79. The smallest absolute Gasteiger partial charge is 0.117 e. The Labute approximate surface area is 156 Å². The highest BCUT2D eigenvalue weighted by atomic mass is 16.5. The van der Waals surface area contributed by atoms with Gasteiger partial charge in [0, 0.05) is 23.9 Å². The zero-order chi connectivity index (χ0) is 17.9. The second-order valence-corrected chi connectivity index (χ2v) is 10.7. The molecule has 2 spiro atoms. The van der Waals surface area contributed by atoms with Gasteiger partial charge in [-0.2, -0.15) is 0 Å². The fourth-order valence-electron chi connectivity index (χ4n) is 9.30. The molecule has 5 saturated carbocycles. The van der Waals surface area contributed by atoms with E-state index in [1.165, 1.54) is 32.1 Å². The number of piperidine rings is 1. The minimum Gasteiger partial charge on any atom is -0.395 e. The van der Waals surface area contributed by atoms with Crippen LogP contribution in [0.1, 0.15) is 51.9 Å². The maximum Gasteiger partial charge on any atom is 0.117 e. The molecule has 0 unspecified atom stereocenters. The van der Waals surface area contributed by atoms with Crippen LogP contribution in [0.3, 0.4) is 0 Å². The van der Waals surface area contributed by atoms with Gasteiger partial charge >= 0.3 is 0 Å². The number of aliphatic hydroxyl groups is 2. The Morgan fingerprint density at radius 1 is 1.19 bits per heavy atom. The summed E-state index contributed by atoms with van der Waals surface area (Å²) in [6.07, 6.45) is 8.43. The van der Waals surface area contributed by atoms with Crippen LogP contribution >= 0.6 is 0 Å². The molecule has 0 aromatic carbocycles. The summed E-state index contributed by atoms with van der Waals surface area (Å²) in [5.41, 5.74) is 1.53. The largest absolute Gasteiger partial charge is 0.395 e. The lowest BCUT2D eigenvalue weighted by molar-refractivity contribution is -0.405. The number of nitrogens with zero attached hydrogens (tertiary/aromatic N) is 1. The van der Waals surface area contributed by atoms with Gasteiger partial charge in [-0.1, -0.05) is 19.9 Å². The standard InChI is InChI=1S/C22H33NO3/c1-13-14-4-7-22(18(13)25)16(10-14)21-6-3-5-20(2)12-23(8-9-24)19(21)26-17(22)11-15(20)21/h14-19,24-25H,1,3-12H2,2H3/t14-,15+,16-,17+,18-,19+,20-,21-,22+/m0/s1. The minimum atomic E-state index is -0.373. The summed E-state index contributed by atoms with van der Waals surface area (Å²) in [6, 6.07) is 0. The maximum atomic E-state index is 11.3. The van der Waals surface area contributed by atoms with Gasteiger partial charge in [0.25, 0.3) is 0 Å². The number of β-amino-alcohol motifs (C(OH)–C–C–N with tert-alkyl or cyclic N) is 1. The lowest BCUT2D eigenvalue weighted by Gasteiger charge is -2.79. The van der Waals surface area contributed by atoms with Gasteiger partial charge in [0.1, 0.15) is 6.23 Å². The van der Waals surface area contributed by atoms with Crippen LogP contribution in [0.4, 0.5) is 0 Å². The molecule has 4 heteroatoms. The normalized spacial score (nSPS) is 60.2. The van der Waals surface area contributed by atoms with Crippen molar-refractivity contribution in [1.82, 2.24) is 4.90 Å². The predicted molar refractivity (Wildman–Crippen MR) is 98.2 cm³/mol. The van der Waals surface area contributed by atoms with Crippen LogP contribution in [-0.2, 0) is 4.74 Å². The van der Waals surface area contributed by atoms with Gasteiger partial charge in [-0.05, 0) is 67.3 Å². The van der Waals surface area contributed by atoms with Gasteiger partial charge in [0.15, 0.2) is 0 Å². The van der Waals surface area contributed by atoms with Crippen LogP contribution < -0.4 is 0 Å². The number of fused-ring (bicyclic) bond motifs is 2. The molecule has 3 heterocycles. The van der Waals surface area contributed by atoms with Crippen molar-refractivity contribution in [3.8, 4) is 0 Å². The molecule has 0 aromatic heterocycles. The van der Waals surface area contributed by atoms with Crippen molar-refractivity contribution in [2.24, 2.45) is 34.0 Å². The highest BCUT2D eigenvalue weighted by Crippen LogP contribution is 2.78. The van der Waals surface area contributed by atoms with Gasteiger partial charge in [-0.3, -0.25) is 4.90 Å². The summed E-state index contributed by atoms with van der Waals surface area (Å²) < 4.78 is 6.86. The molecule has 3 saturated heterocycles. The maximum absolute atomic E-state index is 11.3. The molecular weight excluding hydrogens is 326 g/mol. The van der Waals surface area contributed by atoms with Crippen LogP contribution in [0.2, 0.25) is 0 Å². The van der Waals surface area contributed by atoms with Crippen LogP contribution in [0.5, 0.6) is 0 Å². The summed E-state index contributed by atoms with van der Waals surface area (Å²) in [5, 5.41) is 21.0. The second kappa shape index (κ2) is 4.94. The van der Waals surface area contributed by atoms with Crippen LogP contribution in [-0.4, -0.2) is 53.2 Å². The third-order valence-electron chi connectivity index (χ3n) is 10.1. The van der Waals surface area contributed by atoms with Crippen molar-refractivity contribution in [2.75, 3.05) is 19.7 Å². The van der Waals surface area contributed by atoms with Crippen molar-refractivity contribution >= 4 is 0 Å². The predicted octanol–water partition coefficient (Wildman–Crippen LogP) is 2.55. The minimum absolute atomic E-state index is 0.0840. The third kappa shape index (κ3) is 1.57. The van der Waals surface area contributed by atoms with E-state index >= 15 is 0 Å². The fraction of sp³-hybridized carbons (Fsp3) is 0.909. The van der Waals surface area contributed by atoms with Crippen molar-refractivity contribution in [1.29, 1.82) is 0 Å². The zero-order valence-electron chi connectivity index (χ0n) is 16.0. The Morgan fingerprint density at radius 2 is 2.04 bits per heavy atom. The van der Waals surface area contributed by atoms with Crippen LogP contribution in [0, 0.1) is 34.0 Å². The van der Waals surface area contributed by atoms with Crippen LogP contribution in [0.15, 0.2) is 12.2 Å². The SMILES string of the molecule is C=C1[C@H]2CC[C@]3([C@@H](C2)[C@@]24CCC[C@@]5(C)CN(CCO)[C@@H]2O[C@@H]3C[C@H]54)[C@H]1O. The Kier molecular flexibility index (Phi) is 3.14. The number of aliphatic hydroxyl groups excluding tert-OH is 2. The molecule has 8 fully saturated rings. The van der Waals surface area contributed by atoms with Gasteiger partial charge in [0.2, 0.25) is 0 Å². The van der Waals surface area contributed by atoms with E-state index in [0.29, 0.717) is 17.3 Å². The van der Waals surface area contributed by atoms with E-state index in [0.717, 1.165) is 37.4 Å². The average molecular weight is 360 g/mol. The highest BCUT2D eigenvalue weighted by molar-refractivity contribution is 5.32. The first-order valence-corrected chi connectivity index (χ1v) is 10.8. The summed E-state index contributed by atoms with van der Waals surface area (Å²) in [7, 11) is 0. The Balaban J connectivity index is 1.53. The zero-order valence-corrected chi connectivity index (χ0v) is 16.0. The van der Waals surface area contributed by atoms with Crippen molar-refractivity contribution in [2.45, 2.75) is 70.3 Å². The van der Waals surface area contributed by atoms with E-state index in [2.05, 4.69) is 18.4 Å². The molecule has 8 aliphatic rings. The molecule has 2 N–H and O–H groups in total. The Hall–Kier alpha value is -0.420. The van der Waals surface area contributed by atoms with E-state index in [1.807, 2.05) is 0 Å². The first-order chi connectivity index (χ1) is 12.5. The van der Waals surface area contributed by atoms with Gasteiger partial charge in [-0.15, -0.1) is 0 Å². The number of ether oxygens (including phenoxy) is 1. The molecule has 3 aliphatic heterocycles. The molecule has 8 rings (SSSR count). The number of hydrogen-bond acceptors (Lipinski definition) is 4. The second-order valence-electron chi connectivity index (χ2n) is 10.7. The molecule has 4 nitrogen and oxygen atoms in total. The van der Waals surface area contributed by atoms with E-state index in [4.69, 9.17) is 4.74 Å². The highest BCUT2D eigenvalue weighted by Gasteiger charge is 2.78. The molecule has 0 amide bonds. The lowest BCUT2D eigenvalue weighted by Crippen LogP contribution is -2.82. The molecule has 9 atom stereocenters. The van der Waals surface area contributed by atoms with Gasteiger partial charge in [0.05, 0.1) is 18.8 Å². The molecule has 144 valence electrons. The first kappa shape index (κ1) is 16.5. The molecule has 0 aromatic rings. The molecule has 7 bridgehead atoms. The topological polar surface area (TPSA) is 52.9 Å². The van der Waals surface area contributed by atoms with E-state index in [1.54, 1.807) is 0 Å². The van der Waals surface area contributed by atoms with Crippen molar-refractivity contribution < 1.29 is 14.9 Å². The molecule has 0 radical (unpaired) electrons. The van der Waals surface area contributed by atoms with Crippen molar-refractivity contribution in [3.05, 3.63) is 12.2 Å². The van der Waals surface area contributed by atoms with Gasteiger partial charge in [-0.25, -0.2) is 0 Å². The fourth-order valence-corrected chi connectivity index (χ4v) is 9.30. The monoisotopic (exact) mass is 359 g/mol. The van der Waals surface area contributed by atoms with Gasteiger partial charge < -0.3 is 14.9 Å². The van der Waals surface area contributed by atoms with Crippen molar-refractivity contribution in [3.63, 3.8) is 0 Å². The van der Waals surface area contributed by atoms with Crippen LogP contribution in [0.25, 0.3) is 0 Å². The average Bonchev–Trinajstić information content (AvgIpc) is 2.63. The number of rotatable bonds is 2. The Bertz CT molecular complexity index is 666. The summed E-state index contributed by atoms with van der Waals surface area (Å²) in [6.45, 7) is 8.80. The number of hydrogen-bond donors (Lipinski definition) is 2. The molecule has 5 aliphatic carbocycles. The van der Waals surface area contributed by atoms with E-state index in [9.17, 15) is 10.2 Å². The summed E-state index contributed by atoms with van der Waals surface area (Å²) in [4.78, 5) is 2.47. The molecular formula is C22H33NO3. The van der Waals surface area contributed by atoms with E-state index < -0.39 is 0 Å². The number of likely N-dealkylation sites (tertiary alicyclic amines) is 1. The Morgan fingerprint density at radius 3 is 2.85 bits per heavy atom. The summed E-state index contributed by atoms with van der Waals surface area (Å²) >= 11 is 0.